The summed E-state index contributed by atoms with van der Waals surface area (Å²) in [6, 6.07) is 3.66. The summed E-state index contributed by atoms with van der Waals surface area (Å²) >= 11 is 0. The van der Waals surface area contributed by atoms with E-state index >= 15 is 0 Å². The van der Waals surface area contributed by atoms with E-state index in [1.165, 1.54) is 12.8 Å². The number of nitrogens with one attached hydrogen (secondary N) is 1. The average Bonchev–Trinajstić information content (AvgIpc) is 3.30. The first-order valence-corrected chi connectivity index (χ1v) is 6.90. The lowest BCUT2D eigenvalue weighted by molar-refractivity contribution is 0.0950. The van der Waals surface area contributed by atoms with Crippen LogP contribution < -0.4 is 10.2 Å². The van der Waals surface area contributed by atoms with Gasteiger partial charge in [0.2, 0.25) is 0 Å². The number of hydrogen-bond acceptors (Lipinski definition) is 4. The number of ether oxygens (including phenoxy) is 1. The van der Waals surface area contributed by atoms with E-state index in [2.05, 4.69) is 15.2 Å². The molecule has 5 nitrogen and oxygen atoms in total. The Bertz CT molecular complexity index is 454. The molecule has 0 radical (unpaired) electrons. The Hall–Kier alpha value is -1.62. The van der Waals surface area contributed by atoms with E-state index in [4.69, 9.17) is 4.74 Å². The molecule has 0 atom stereocenters. The van der Waals surface area contributed by atoms with Crippen molar-refractivity contribution < 1.29 is 9.53 Å². The Morgan fingerprint density at radius 1 is 1.42 bits per heavy atom. The lowest BCUT2D eigenvalue weighted by Crippen LogP contribution is -2.38. The number of aromatic nitrogens is 1. The van der Waals surface area contributed by atoms with Crippen molar-refractivity contribution in [1.82, 2.24) is 10.3 Å². The molecule has 5 heteroatoms. The Morgan fingerprint density at radius 3 is 2.95 bits per heavy atom. The van der Waals surface area contributed by atoms with Gasteiger partial charge in [0.05, 0.1) is 18.8 Å². The minimum atomic E-state index is -0.0125. The summed E-state index contributed by atoms with van der Waals surface area (Å²) in [5.74, 6) is 1.45. The van der Waals surface area contributed by atoms with Crippen LogP contribution in [0.4, 0.5) is 5.82 Å². The Kier molecular flexibility index (Phi) is 3.64. The van der Waals surface area contributed by atoms with Gasteiger partial charge in [-0.25, -0.2) is 4.98 Å². The third-order valence-corrected chi connectivity index (χ3v) is 3.59. The largest absolute Gasteiger partial charge is 0.378 e. The van der Waals surface area contributed by atoms with Gasteiger partial charge in [0.1, 0.15) is 5.82 Å². The molecule has 1 aliphatic heterocycles. The topological polar surface area (TPSA) is 54.5 Å². The summed E-state index contributed by atoms with van der Waals surface area (Å²) in [5.41, 5.74) is 0.671. The van der Waals surface area contributed by atoms with Gasteiger partial charge >= 0.3 is 0 Å². The van der Waals surface area contributed by atoms with E-state index in [0.717, 1.165) is 25.5 Å². The van der Waals surface area contributed by atoms with Crippen LogP contribution in [0.3, 0.4) is 0 Å². The maximum Gasteiger partial charge on any atom is 0.255 e. The van der Waals surface area contributed by atoms with Gasteiger partial charge in [-0.3, -0.25) is 4.79 Å². The zero-order chi connectivity index (χ0) is 13.1. The predicted octanol–water partition coefficient (Wildman–Crippen LogP) is 1.06. The maximum atomic E-state index is 12.2. The summed E-state index contributed by atoms with van der Waals surface area (Å²) in [7, 11) is 0. The van der Waals surface area contributed by atoms with Crippen molar-refractivity contribution >= 4 is 11.7 Å². The molecule has 1 amide bonds. The van der Waals surface area contributed by atoms with Gasteiger partial charge in [-0.15, -0.1) is 0 Å². The average molecular weight is 261 g/mol. The van der Waals surface area contributed by atoms with Crippen LogP contribution in [0.25, 0.3) is 0 Å². The van der Waals surface area contributed by atoms with Crippen molar-refractivity contribution in [3.63, 3.8) is 0 Å². The molecule has 19 heavy (non-hydrogen) atoms. The third-order valence-electron chi connectivity index (χ3n) is 3.59. The molecule has 1 aromatic heterocycles. The van der Waals surface area contributed by atoms with E-state index < -0.39 is 0 Å². The minimum absolute atomic E-state index is 0.0125. The van der Waals surface area contributed by atoms with Crippen LogP contribution in [-0.2, 0) is 4.74 Å². The molecule has 3 rings (SSSR count). The second kappa shape index (κ2) is 5.57. The van der Waals surface area contributed by atoms with Gasteiger partial charge in [0.25, 0.3) is 5.91 Å². The van der Waals surface area contributed by atoms with E-state index in [0.29, 0.717) is 24.7 Å². The first-order valence-electron chi connectivity index (χ1n) is 6.90. The standard InChI is InChI=1S/C14H19N3O2/c18-14(16-10-11-3-4-11)12-2-1-5-15-13(12)17-6-8-19-9-7-17/h1-2,5,11H,3-4,6-10H2,(H,16,18). The summed E-state index contributed by atoms with van der Waals surface area (Å²) in [5, 5.41) is 3.00. The van der Waals surface area contributed by atoms with E-state index in [-0.39, 0.29) is 5.91 Å². The van der Waals surface area contributed by atoms with Crippen molar-refractivity contribution in [2.45, 2.75) is 12.8 Å². The summed E-state index contributed by atoms with van der Waals surface area (Å²) in [6.45, 7) is 3.76. The number of carbonyl (C=O) groups excluding carboxylic acids is 1. The fourth-order valence-electron chi connectivity index (χ4n) is 2.26. The van der Waals surface area contributed by atoms with E-state index in [1.54, 1.807) is 6.20 Å². The van der Waals surface area contributed by atoms with Crippen LogP contribution in [0.2, 0.25) is 0 Å². The molecule has 2 heterocycles. The lowest BCUT2D eigenvalue weighted by atomic mass is 10.2. The Morgan fingerprint density at radius 2 is 2.21 bits per heavy atom. The van der Waals surface area contributed by atoms with Crippen molar-refractivity contribution in [3.8, 4) is 0 Å². The van der Waals surface area contributed by atoms with Gasteiger partial charge in [-0.2, -0.15) is 0 Å². The molecule has 0 aromatic carbocycles. The van der Waals surface area contributed by atoms with Crippen LogP contribution in [-0.4, -0.2) is 43.7 Å². The number of anilines is 1. The molecule has 1 N–H and O–H groups in total. The monoisotopic (exact) mass is 261 g/mol. The molecule has 1 aromatic rings. The van der Waals surface area contributed by atoms with Crippen LogP contribution >= 0.6 is 0 Å². The first-order chi connectivity index (χ1) is 9.34. The Balaban J connectivity index is 1.73. The molecule has 2 fully saturated rings. The fourth-order valence-corrected chi connectivity index (χ4v) is 2.26. The lowest BCUT2D eigenvalue weighted by Gasteiger charge is -2.29. The van der Waals surface area contributed by atoms with Crippen molar-refractivity contribution in [2.75, 3.05) is 37.7 Å². The van der Waals surface area contributed by atoms with Gasteiger partial charge in [0.15, 0.2) is 0 Å². The number of morpholine rings is 1. The number of hydrogen-bond donors (Lipinski definition) is 1. The third kappa shape index (κ3) is 3.04. The first kappa shape index (κ1) is 12.4. The molecule has 0 spiro atoms. The van der Waals surface area contributed by atoms with Gasteiger partial charge in [-0.05, 0) is 30.9 Å². The van der Waals surface area contributed by atoms with Crippen LogP contribution in [0, 0.1) is 5.92 Å². The number of rotatable bonds is 4. The smallest absolute Gasteiger partial charge is 0.255 e. The molecule has 0 unspecified atom stereocenters. The molecular weight excluding hydrogens is 242 g/mol. The molecule has 1 saturated heterocycles. The number of amides is 1. The second-order valence-corrected chi connectivity index (χ2v) is 5.13. The highest BCUT2D eigenvalue weighted by Gasteiger charge is 2.24. The quantitative estimate of drug-likeness (QED) is 0.880. The Labute approximate surface area is 113 Å². The number of carbonyl (C=O) groups is 1. The van der Waals surface area contributed by atoms with Gasteiger partial charge in [0, 0.05) is 25.8 Å². The highest BCUT2D eigenvalue weighted by molar-refractivity contribution is 5.98. The van der Waals surface area contributed by atoms with E-state index in [9.17, 15) is 4.79 Å². The highest BCUT2D eigenvalue weighted by atomic mass is 16.5. The second-order valence-electron chi connectivity index (χ2n) is 5.13. The fraction of sp³-hybridized carbons (Fsp3) is 0.571. The van der Waals surface area contributed by atoms with Crippen LogP contribution in [0.5, 0.6) is 0 Å². The molecule has 1 saturated carbocycles. The highest BCUT2D eigenvalue weighted by Crippen LogP contribution is 2.28. The SMILES string of the molecule is O=C(NCC1CC1)c1cccnc1N1CCOCC1. The number of pyridine rings is 1. The maximum absolute atomic E-state index is 12.2. The molecular formula is C14H19N3O2. The zero-order valence-electron chi connectivity index (χ0n) is 11.0. The van der Waals surface area contributed by atoms with Crippen molar-refractivity contribution in [2.24, 2.45) is 5.92 Å². The predicted molar refractivity (Wildman–Crippen MR) is 72.3 cm³/mol. The number of nitrogens with zero attached hydrogens (tertiary/aromatic N) is 2. The van der Waals surface area contributed by atoms with Crippen molar-refractivity contribution in [1.29, 1.82) is 0 Å². The summed E-state index contributed by atoms with van der Waals surface area (Å²) in [4.78, 5) is 18.7. The van der Waals surface area contributed by atoms with E-state index in [1.807, 2.05) is 12.1 Å². The van der Waals surface area contributed by atoms with Gasteiger partial charge in [-0.1, -0.05) is 0 Å². The minimum Gasteiger partial charge on any atom is -0.378 e. The molecule has 1 aliphatic carbocycles. The zero-order valence-corrected chi connectivity index (χ0v) is 11.0. The normalized spacial score (nSPS) is 19.3. The molecule has 102 valence electrons. The van der Waals surface area contributed by atoms with Gasteiger partial charge < -0.3 is 15.0 Å². The van der Waals surface area contributed by atoms with Crippen LogP contribution in [0.1, 0.15) is 23.2 Å². The van der Waals surface area contributed by atoms with Crippen molar-refractivity contribution in [3.05, 3.63) is 23.9 Å². The summed E-state index contributed by atoms with van der Waals surface area (Å²) in [6.07, 6.45) is 4.22. The molecule has 0 bridgehead atoms. The molecule has 2 aliphatic rings. The summed E-state index contributed by atoms with van der Waals surface area (Å²) < 4.78 is 5.34. The van der Waals surface area contributed by atoms with Crippen LogP contribution in [0.15, 0.2) is 18.3 Å².